The van der Waals surface area contributed by atoms with Crippen molar-refractivity contribution >= 4 is 17.5 Å². The molecule has 0 saturated carbocycles. The summed E-state index contributed by atoms with van der Waals surface area (Å²) in [5.74, 6) is 1.60. The van der Waals surface area contributed by atoms with Gasteiger partial charge in [-0.05, 0) is 42.3 Å². The molecule has 0 aliphatic carbocycles. The predicted molar refractivity (Wildman–Crippen MR) is 97.7 cm³/mol. The van der Waals surface area contributed by atoms with Gasteiger partial charge in [-0.25, -0.2) is 4.98 Å². The van der Waals surface area contributed by atoms with E-state index < -0.39 is 0 Å². The Balaban J connectivity index is 1.70. The van der Waals surface area contributed by atoms with E-state index in [2.05, 4.69) is 36.9 Å². The summed E-state index contributed by atoms with van der Waals surface area (Å²) in [6.45, 7) is 0.850. The van der Waals surface area contributed by atoms with Gasteiger partial charge in [0.25, 0.3) is 0 Å². The fourth-order valence-electron chi connectivity index (χ4n) is 2.44. The van der Waals surface area contributed by atoms with Gasteiger partial charge in [-0.15, -0.1) is 0 Å². The summed E-state index contributed by atoms with van der Waals surface area (Å²) < 4.78 is 0. The fourth-order valence-corrected chi connectivity index (χ4v) is 2.44. The quantitative estimate of drug-likeness (QED) is 0.697. The lowest BCUT2D eigenvalue weighted by Gasteiger charge is -2.21. The number of hydrogen-bond donors (Lipinski definition) is 0. The minimum absolute atomic E-state index is 0.726. The third-order valence-electron chi connectivity index (χ3n) is 3.94. The van der Waals surface area contributed by atoms with Crippen molar-refractivity contribution in [2.75, 3.05) is 30.4 Å². The van der Waals surface area contributed by atoms with Gasteiger partial charge in [-0.2, -0.15) is 4.98 Å². The van der Waals surface area contributed by atoms with Crippen molar-refractivity contribution in [3.63, 3.8) is 0 Å². The van der Waals surface area contributed by atoms with Crippen LogP contribution in [-0.4, -0.2) is 35.6 Å². The molecule has 0 radical (unpaired) electrons. The molecule has 0 bridgehead atoms. The smallest absolute Gasteiger partial charge is 0.227 e. The minimum atomic E-state index is 0.726. The summed E-state index contributed by atoms with van der Waals surface area (Å²) in [6.07, 6.45) is 6.38. The topological polar surface area (TPSA) is 45.2 Å². The SMILES string of the molecule is CN(CCc1ccncc1)c1nccc(N(C)c2ccccc2)n1. The van der Waals surface area contributed by atoms with Crippen LogP contribution in [0.4, 0.5) is 17.5 Å². The van der Waals surface area contributed by atoms with Crippen molar-refractivity contribution in [2.45, 2.75) is 6.42 Å². The first-order valence-corrected chi connectivity index (χ1v) is 7.96. The third-order valence-corrected chi connectivity index (χ3v) is 3.94. The molecule has 122 valence electrons. The van der Waals surface area contributed by atoms with E-state index in [4.69, 9.17) is 0 Å². The molecule has 2 aromatic heterocycles. The number of hydrogen-bond acceptors (Lipinski definition) is 5. The van der Waals surface area contributed by atoms with Crippen LogP contribution in [0.25, 0.3) is 0 Å². The Hall–Kier alpha value is -2.95. The van der Waals surface area contributed by atoms with Gasteiger partial charge in [-0.1, -0.05) is 18.2 Å². The lowest BCUT2D eigenvalue weighted by molar-refractivity contribution is 0.835. The monoisotopic (exact) mass is 319 g/mol. The van der Waals surface area contributed by atoms with Gasteiger partial charge >= 0.3 is 0 Å². The maximum Gasteiger partial charge on any atom is 0.227 e. The highest BCUT2D eigenvalue weighted by molar-refractivity contribution is 5.59. The summed E-state index contributed by atoms with van der Waals surface area (Å²) in [5.41, 5.74) is 2.36. The molecule has 2 heterocycles. The van der Waals surface area contributed by atoms with E-state index in [1.165, 1.54) is 5.56 Å². The largest absolute Gasteiger partial charge is 0.343 e. The molecule has 3 rings (SSSR count). The molecule has 24 heavy (non-hydrogen) atoms. The van der Waals surface area contributed by atoms with Gasteiger partial charge in [0.1, 0.15) is 5.82 Å². The van der Waals surface area contributed by atoms with Gasteiger partial charge in [0.15, 0.2) is 0 Å². The van der Waals surface area contributed by atoms with Crippen LogP contribution in [0.15, 0.2) is 67.1 Å². The van der Waals surface area contributed by atoms with Gasteiger partial charge < -0.3 is 9.80 Å². The number of benzene rings is 1. The molecule has 0 aliphatic heterocycles. The van der Waals surface area contributed by atoms with E-state index >= 15 is 0 Å². The number of para-hydroxylation sites is 1. The number of rotatable bonds is 6. The summed E-state index contributed by atoms with van der Waals surface area (Å²) >= 11 is 0. The Morgan fingerprint density at radius 3 is 2.38 bits per heavy atom. The Morgan fingerprint density at radius 1 is 0.875 bits per heavy atom. The van der Waals surface area contributed by atoms with E-state index in [1.54, 1.807) is 6.20 Å². The van der Waals surface area contributed by atoms with Gasteiger partial charge in [0.2, 0.25) is 5.95 Å². The van der Waals surface area contributed by atoms with E-state index in [9.17, 15) is 0 Å². The number of pyridine rings is 1. The zero-order valence-electron chi connectivity index (χ0n) is 14.0. The number of aromatic nitrogens is 3. The molecule has 5 nitrogen and oxygen atoms in total. The average molecular weight is 319 g/mol. The maximum atomic E-state index is 4.69. The van der Waals surface area contributed by atoms with E-state index in [1.807, 2.05) is 62.9 Å². The minimum Gasteiger partial charge on any atom is -0.343 e. The lowest BCUT2D eigenvalue weighted by atomic mass is 10.2. The Labute approximate surface area is 142 Å². The normalized spacial score (nSPS) is 10.4. The van der Waals surface area contributed by atoms with Crippen molar-refractivity contribution in [1.82, 2.24) is 15.0 Å². The number of likely N-dealkylation sites (N-methyl/N-ethyl adjacent to an activating group) is 1. The fraction of sp³-hybridized carbons (Fsp3) is 0.211. The molecule has 0 amide bonds. The van der Waals surface area contributed by atoms with Crippen LogP contribution < -0.4 is 9.80 Å². The Kier molecular flexibility index (Phi) is 5.01. The highest BCUT2D eigenvalue weighted by Gasteiger charge is 2.09. The van der Waals surface area contributed by atoms with Crippen LogP contribution in [-0.2, 0) is 6.42 Å². The molecular weight excluding hydrogens is 298 g/mol. The standard InChI is InChI=1S/C19H21N5/c1-23(15-11-16-8-12-20-13-9-16)19-21-14-10-18(22-19)24(2)17-6-4-3-5-7-17/h3-10,12-14H,11,15H2,1-2H3. The molecule has 0 N–H and O–H groups in total. The van der Waals surface area contributed by atoms with Crippen molar-refractivity contribution in [2.24, 2.45) is 0 Å². The van der Waals surface area contributed by atoms with Crippen molar-refractivity contribution in [3.8, 4) is 0 Å². The third kappa shape index (κ3) is 3.87. The lowest BCUT2D eigenvalue weighted by Crippen LogP contribution is -2.23. The van der Waals surface area contributed by atoms with Crippen LogP contribution in [0.3, 0.4) is 0 Å². The number of anilines is 3. The second kappa shape index (κ2) is 7.55. The van der Waals surface area contributed by atoms with E-state index in [-0.39, 0.29) is 0 Å². The molecule has 5 heteroatoms. The highest BCUT2D eigenvalue weighted by atomic mass is 15.3. The van der Waals surface area contributed by atoms with Crippen molar-refractivity contribution < 1.29 is 0 Å². The maximum absolute atomic E-state index is 4.69. The van der Waals surface area contributed by atoms with Gasteiger partial charge in [0, 0.05) is 44.9 Å². The number of nitrogens with zero attached hydrogens (tertiary/aromatic N) is 5. The van der Waals surface area contributed by atoms with Crippen molar-refractivity contribution in [1.29, 1.82) is 0 Å². The summed E-state index contributed by atoms with van der Waals surface area (Å²) in [5, 5.41) is 0. The van der Waals surface area contributed by atoms with Crippen LogP contribution in [0.2, 0.25) is 0 Å². The van der Waals surface area contributed by atoms with Crippen LogP contribution in [0.1, 0.15) is 5.56 Å². The average Bonchev–Trinajstić information content (AvgIpc) is 2.67. The second-order valence-electron chi connectivity index (χ2n) is 5.64. The molecule has 0 fully saturated rings. The molecule has 0 saturated heterocycles. The molecule has 3 aromatic rings. The molecular formula is C19H21N5. The van der Waals surface area contributed by atoms with E-state index in [0.717, 1.165) is 30.4 Å². The first kappa shape index (κ1) is 15.9. The summed E-state index contributed by atoms with van der Waals surface area (Å²) in [7, 11) is 4.03. The molecule has 1 aromatic carbocycles. The van der Waals surface area contributed by atoms with Crippen LogP contribution in [0.5, 0.6) is 0 Å². The second-order valence-corrected chi connectivity index (χ2v) is 5.64. The van der Waals surface area contributed by atoms with Crippen LogP contribution >= 0.6 is 0 Å². The predicted octanol–water partition coefficient (Wildman–Crippen LogP) is 3.32. The summed E-state index contributed by atoms with van der Waals surface area (Å²) in [6, 6.07) is 16.2. The van der Waals surface area contributed by atoms with Crippen LogP contribution in [0, 0.1) is 0 Å². The molecule has 0 unspecified atom stereocenters. The first-order valence-electron chi connectivity index (χ1n) is 7.96. The zero-order chi connectivity index (χ0) is 16.8. The zero-order valence-corrected chi connectivity index (χ0v) is 14.0. The highest BCUT2D eigenvalue weighted by Crippen LogP contribution is 2.22. The van der Waals surface area contributed by atoms with Gasteiger partial charge in [-0.3, -0.25) is 4.98 Å². The first-order chi connectivity index (χ1) is 11.7. The summed E-state index contributed by atoms with van der Waals surface area (Å²) in [4.78, 5) is 17.3. The van der Waals surface area contributed by atoms with E-state index in [0.29, 0.717) is 0 Å². The molecule has 0 aliphatic rings. The van der Waals surface area contributed by atoms with Gasteiger partial charge in [0.05, 0.1) is 0 Å². The Morgan fingerprint density at radius 2 is 1.62 bits per heavy atom. The molecule has 0 spiro atoms. The van der Waals surface area contributed by atoms with Crippen molar-refractivity contribution in [3.05, 3.63) is 72.7 Å². The molecule has 0 atom stereocenters. The Bertz CT molecular complexity index is 761.